The zero-order valence-corrected chi connectivity index (χ0v) is 12.9. The fourth-order valence-electron chi connectivity index (χ4n) is 2.36. The first-order valence-corrected chi connectivity index (χ1v) is 7.05. The van der Waals surface area contributed by atoms with Crippen molar-refractivity contribution in [3.8, 4) is 0 Å². The molecular weight excluding hydrogens is 260 g/mol. The molecule has 1 fully saturated rings. The molecule has 0 saturated heterocycles. The Bertz CT molecular complexity index is 344. The Labute approximate surface area is 120 Å². The first-order chi connectivity index (χ1) is 9.26. The van der Waals surface area contributed by atoms with Crippen LogP contribution in [0.5, 0.6) is 0 Å². The van der Waals surface area contributed by atoms with Crippen molar-refractivity contribution in [2.45, 2.75) is 57.6 Å². The molecule has 0 aromatic heterocycles. The van der Waals surface area contributed by atoms with E-state index in [1.54, 1.807) is 0 Å². The minimum atomic E-state index is -0.508. The number of esters is 1. The van der Waals surface area contributed by atoms with Crippen molar-refractivity contribution in [2.24, 2.45) is 0 Å². The Morgan fingerprint density at radius 2 is 1.80 bits per heavy atom. The first kappa shape index (κ1) is 16.8. The summed E-state index contributed by atoms with van der Waals surface area (Å²) in [6, 6.07) is 0. The lowest BCUT2D eigenvalue weighted by atomic mass is 9.97. The number of amides is 1. The molecule has 2 N–H and O–H groups in total. The van der Waals surface area contributed by atoms with Gasteiger partial charge < -0.3 is 14.8 Å². The van der Waals surface area contributed by atoms with E-state index >= 15 is 0 Å². The monoisotopic (exact) mass is 286 g/mol. The molecule has 0 aromatic rings. The topological polar surface area (TPSA) is 76.7 Å². The van der Waals surface area contributed by atoms with Crippen LogP contribution in [0.4, 0.5) is 4.79 Å². The van der Waals surface area contributed by atoms with Gasteiger partial charge in [-0.15, -0.1) is 0 Å². The molecule has 0 atom stereocenters. The molecule has 0 heterocycles. The predicted octanol–water partition coefficient (Wildman–Crippen LogP) is 1.59. The third-order valence-electron chi connectivity index (χ3n) is 3.37. The van der Waals surface area contributed by atoms with Gasteiger partial charge in [0.05, 0.1) is 13.7 Å². The highest BCUT2D eigenvalue weighted by Gasteiger charge is 2.34. The van der Waals surface area contributed by atoms with Crippen LogP contribution in [0, 0.1) is 0 Å². The third-order valence-corrected chi connectivity index (χ3v) is 3.37. The van der Waals surface area contributed by atoms with E-state index in [-0.39, 0.29) is 18.1 Å². The molecule has 0 radical (unpaired) electrons. The summed E-state index contributed by atoms with van der Waals surface area (Å²) >= 11 is 0. The maximum Gasteiger partial charge on any atom is 0.407 e. The fourth-order valence-corrected chi connectivity index (χ4v) is 2.36. The summed E-state index contributed by atoms with van der Waals surface area (Å²) in [6.07, 6.45) is 3.61. The maximum absolute atomic E-state index is 11.7. The van der Waals surface area contributed by atoms with Gasteiger partial charge in [-0.2, -0.15) is 0 Å². The lowest BCUT2D eigenvalue weighted by molar-refractivity contribution is -0.139. The van der Waals surface area contributed by atoms with Crippen LogP contribution in [0.15, 0.2) is 0 Å². The van der Waals surface area contributed by atoms with Gasteiger partial charge in [0.15, 0.2) is 0 Å². The quantitative estimate of drug-likeness (QED) is 0.751. The highest BCUT2D eigenvalue weighted by molar-refractivity contribution is 5.71. The second-order valence-electron chi connectivity index (χ2n) is 6.27. The van der Waals surface area contributed by atoms with Crippen LogP contribution in [-0.4, -0.2) is 43.4 Å². The van der Waals surface area contributed by atoms with Crippen molar-refractivity contribution < 1.29 is 19.1 Å². The number of nitrogens with one attached hydrogen (secondary N) is 2. The summed E-state index contributed by atoms with van der Waals surface area (Å²) < 4.78 is 9.85. The van der Waals surface area contributed by atoms with Gasteiger partial charge in [-0.1, -0.05) is 12.8 Å². The Kier molecular flexibility index (Phi) is 5.80. The number of methoxy groups -OCH3 is 1. The number of rotatable bonds is 5. The Hall–Kier alpha value is -1.30. The number of carbonyl (C=O) groups is 2. The van der Waals surface area contributed by atoms with Crippen LogP contribution in [0.1, 0.15) is 46.5 Å². The van der Waals surface area contributed by atoms with E-state index in [2.05, 4.69) is 15.4 Å². The summed E-state index contributed by atoms with van der Waals surface area (Å²) in [6.45, 7) is 6.10. The summed E-state index contributed by atoms with van der Waals surface area (Å²) in [4.78, 5) is 22.9. The van der Waals surface area contributed by atoms with E-state index in [0.717, 1.165) is 25.7 Å². The molecule has 0 bridgehead atoms. The zero-order valence-electron chi connectivity index (χ0n) is 12.9. The van der Waals surface area contributed by atoms with E-state index in [1.807, 2.05) is 20.8 Å². The number of carbonyl (C=O) groups excluding carboxylic acids is 2. The van der Waals surface area contributed by atoms with Crippen LogP contribution >= 0.6 is 0 Å². The maximum atomic E-state index is 11.7. The largest absolute Gasteiger partial charge is 0.468 e. The molecule has 0 aliphatic heterocycles. The van der Waals surface area contributed by atoms with Gasteiger partial charge in [0, 0.05) is 12.1 Å². The molecule has 1 amide bonds. The average molecular weight is 286 g/mol. The van der Waals surface area contributed by atoms with E-state index in [1.165, 1.54) is 7.11 Å². The molecule has 0 unspecified atom stereocenters. The molecule has 0 aromatic carbocycles. The molecule has 20 heavy (non-hydrogen) atoms. The molecule has 1 saturated carbocycles. The molecule has 1 aliphatic rings. The van der Waals surface area contributed by atoms with Gasteiger partial charge in [-0.25, -0.2) is 4.79 Å². The van der Waals surface area contributed by atoms with Gasteiger partial charge in [-0.3, -0.25) is 10.1 Å². The van der Waals surface area contributed by atoms with Crippen molar-refractivity contribution in [1.82, 2.24) is 10.6 Å². The molecule has 6 nitrogen and oxygen atoms in total. The fraction of sp³-hybridized carbons (Fsp3) is 0.857. The lowest BCUT2D eigenvalue weighted by Gasteiger charge is -2.31. The van der Waals surface area contributed by atoms with E-state index < -0.39 is 11.7 Å². The predicted molar refractivity (Wildman–Crippen MR) is 75.5 cm³/mol. The van der Waals surface area contributed by atoms with Gasteiger partial charge in [-0.05, 0) is 33.6 Å². The molecule has 116 valence electrons. The lowest BCUT2D eigenvalue weighted by Crippen LogP contribution is -2.53. The van der Waals surface area contributed by atoms with E-state index in [9.17, 15) is 9.59 Å². The summed E-state index contributed by atoms with van der Waals surface area (Å²) in [7, 11) is 1.37. The SMILES string of the molecule is COC(=O)CNC1(CNC(=O)OC(C)(C)C)CCCC1. The number of hydrogen-bond acceptors (Lipinski definition) is 5. The smallest absolute Gasteiger partial charge is 0.407 e. The van der Waals surface area contributed by atoms with Gasteiger partial charge in [0.25, 0.3) is 0 Å². The van der Waals surface area contributed by atoms with Crippen molar-refractivity contribution in [3.05, 3.63) is 0 Å². The second kappa shape index (κ2) is 6.92. The van der Waals surface area contributed by atoms with Crippen LogP contribution < -0.4 is 10.6 Å². The van der Waals surface area contributed by atoms with Gasteiger partial charge >= 0.3 is 12.1 Å². The number of hydrogen-bond donors (Lipinski definition) is 2. The summed E-state index contributed by atoms with van der Waals surface area (Å²) in [5.41, 5.74) is -0.739. The molecular formula is C14H26N2O4. The highest BCUT2D eigenvalue weighted by Crippen LogP contribution is 2.29. The molecule has 1 rings (SSSR count). The zero-order chi connectivity index (χ0) is 15.2. The summed E-state index contributed by atoms with van der Waals surface area (Å²) in [5, 5.41) is 6.01. The average Bonchev–Trinajstić information content (AvgIpc) is 2.81. The van der Waals surface area contributed by atoms with Crippen LogP contribution in [0.3, 0.4) is 0 Å². The standard InChI is InChI=1S/C14H26N2O4/c1-13(2,3)20-12(18)15-10-14(7-5-6-8-14)16-9-11(17)19-4/h16H,5-10H2,1-4H3,(H,15,18). The third kappa shape index (κ3) is 5.77. The van der Waals surface area contributed by atoms with Crippen molar-refractivity contribution in [1.29, 1.82) is 0 Å². The first-order valence-electron chi connectivity index (χ1n) is 7.05. The Morgan fingerprint density at radius 1 is 1.20 bits per heavy atom. The second-order valence-corrected chi connectivity index (χ2v) is 6.27. The van der Waals surface area contributed by atoms with Crippen molar-refractivity contribution in [2.75, 3.05) is 20.2 Å². The number of alkyl carbamates (subject to hydrolysis) is 1. The Balaban J connectivity index is 2.46. The normalized spacial score (nSPS) is 17.6. The van der Waals surface area contributed by atoms with Gasteiger partial charge in [0.1, 0.15) is 5.60 Å². The number of ether oxygens (including phenoxy) is 2. The van der Waals surface area contributed by atoms with Gasteiger partial charge in [0.2, 0.25) is 0 Å². The Morgan fingerprint density at radius 3 is 2.30 bits per heavy atom. The highest BCUT2D eigenvalue weighted by atomic mass is 16.6. The van der Waals surface area contributed by atoms with E-state index in [0.29, 0.717) is 6.54 Å². The summed E-state index contributed by atoms with van der Waals surface area (Å²) in [5.74, 6) is -0.298. The van der Waals surface area contributed by atoms with Crippen LogP contribution in [0.2, 0.25) is 0 Å². The molecule has 0 spiro atoms. The molecule has 6 heteroatoms. The van der Waals surface area contributed by atoms with E-state index in [4.69, 9.17) is 4.74 Å². The van der Waals surface area contributed by atoms with Crippen LogP contribution in [0.25, 0.3) is 0 Å². The minimum Gasteiger partial charge on any atom is -0.468 e. The molecule has 1 aliphatic carbocycles. The van der Waals surface area contributed by atoms with Crippen molar-refractivity contribution in [3.63, 3.8) is 0 Å². The van der Waals surface area contributed by atoms with Crippen molar-refractivity contribution >= 4 is 12.1 Å². The minimum absolute atomic E-state index is 0.159. The van der Waals surface area contributed by atoms with Crippen LogP contribution in [-0.2, 0) is 14.3 Å².